The van der Waals surface area contributed by atoms with Gasteiger partial charge in [0.2, 0.25) is 0 Å². The Labute approximate surface area is 176 Å². The molecule has 6 nitrogen and oxygen atoms in total. The van der Waals surface area contributed by atoms with Gasteiger partial charge in [0.25, 0.3) is 5.56 Å². The summed E-state index contributed by atoms with van der Waals surface area (Å²) in [5, 5.41) is 5.33. The highest BCUT2D eigenvalue weighted by molar-refractivity contribution is 6.00. The minimum atomic E-state index is -1.07. The number of aryl methyl sites for hydroxylation is 2. The Morgan fingerprint density at radius 2 is 1.52 bits per heavy atom. The smallest absolute Gasteiger partial charge is 0.308 e. The lowest BCUT2D eigenvalue weighted by molar-refractivity contribution is 0.262. The molecule has 0 atom stereocenters. The Morgan fingerprint density at radius 1 is 0.871 bits per heavy atom. The van der Waals surface area contributed by atoms with E-state index in [0.717, 1.165) is 17.7 Å². The first-order valence-electron chi connectivity index (χ1n) is 9.45. The fourth-order valence-corrected chi connectivity index (χ4v) is 3.24. The maximum Gasteiger partial charge on any atom is 0.323 e. The van der Waals surface area contributed by atoms with Gasteiger partial charge in [-0.15, -0.1) is 0 Å². The van der Waals surface area contributed by atoms with Crippen LogP contribution in [0.2, 0.25) is 0 Å². The number of rotatable bonds is 3. The van der Waals surface area contributed by atoms with Crippen LogP contribution in [0.5, 0.6) is 0 Å². The van der Waals surface area contributed by atoms with E-state index in [2.05, 4.69) is 15.6 Å². The number of hydrogen-bond acceptors (Lipinski definition) is 3. The van der Waals surface area contributed by atoms with Crippen molar-refractivity contribution in [3.8, 4) is 5.69 Å². The molecule has 156 valence electrons. The van der Waals surface area contributed by atoms with Gasteiger partial charge >= 0.3 is 6.03 Å². The number of halogens is 2. The van der Waals surface area contributed by atoms with Crippen LogP contribution in [0, 0.1) is 25.5 Å². The van der Waals surface area contributed by atoms with Gasteiger partial charge < -0.3 is 10.6 Å². The standard InChI is InChI=1S/C23H18F2N4O2/c1-13-3-7-17(8-4-13)29-14(2)26-21-10-6-15(11-18(21)22(29)30)27-23(31)28-16-5-9-19(24)20(25)12-16/h3-12H,1-2H3,(H2,27,28,31). The fourth-order valence-electron chi connectivity index (χ4n) is 3.24. The van der Waals surface area contributed by atoms with Crippen molar-refractivity contribution in [3.63, 3.8) is 0 Å². The van der Waals surface area contributed by atoms with Crippen molar-refractivity contribution in [2.24, 2.45) is 0 Å². The molecule has 0 aliphatic rings. The first-order valence-corrected chi connectivity index (χ1v) is 9.45. The fraction of sp³-hybridized carbons (Fsp3) is 0.0870. The van der Waals surface area contributed by atoms with Crippen molar-refractivity contribution < 1.29 is 13.6 Å². The van der Waals surface area contributed by atoms with Gasteiger partial charge in [0.1, 0.15) is 5.82 Å². The Kier molecular flexibility index (Phi) is 5.21. The summed E-state index contributed by atoms with van der Waals surface area (Å²) in [6.07, 6.45) is 0. The molecule has 31 heavy (non-hydrogen) atoms. The average Bonchev–Trinajstić information content (AvgIpc) is 2.72. The maximum atomic E-state index is 13.3. The molecule has 0 saturated carbocycles. The number of anilines is 2. The summed E-state index contributed by atoms with van der Waals surface area (Å²) in [7, 11) is 0. The summed E-state index contributed by atoms with van der Waals surface area (Å²) in [5.74, 6) is -1.53. The molecule has 1 heterocycles. The van der Waals surface area contributed by atoms with Gasteiger partial charge in [-0.3, -0.25) is 9.36 Å². The average molecular weight is 420 g/mol. The molecule has 2 amide bonds. The van der Waals surface area contributed by atoms with E-state index in [9.17, 15) is 18.4 Å². The predicted octanol–water partition coefficient (Wildman–Crippen LogP) is 4.92. The Morgan fingerprint density at radius 3 is 2.19 bits per heavy atom. The Balaban J connectivity index is 1.65. The van der Waals surface area contributed by atoms with E-state index in [-0.39, 0.29) is 11.2 Å². The number of aromatic nitrogens is 2. The van der Waals surface area contributed by atoms with E-state index in [1.54, 1.807) is 19.1 Å². The van der Waals surface area contributed by atoms with Crippen molar-refractivity contribution in [3.05, 3.63) is 94.0 Å². The summed E-state index contributed by atoms with van der Waals surface area (Å²) in [5.41, 5.74) is 2.44. The summed E-state index contributed by atoms with van der Waals surface area (Å²) in [4.78, 5) is 29.9. The van der Waals surface area contributed by atoms with Gasteiger partial charge in [0.05, 0.1) is 16.6 Å². The first kappa shape index (κ1) is 20.2. The lowest BCUT2D eigenvalue weighted by Crippen LogP contribution is -2.23. The van der Waals surface area contributed by atoms with Crippen molar-refractivity contribution in [2.45, 2.75) is 13.8 Å². The summed E-state index contributed by atoms with van der Waals surface area (Å²) < 4.78 is 27.9. The van der Waals surface area contributed by atoms with E-state index in [1.807, 2.05) is 31.2 Å². The second-order valence-corrected chi connectivity index (χ2v) is 7.08. The molecule has 0 bridgehead atoms. The van der Waals surface area contributed by atoms with E-state index in [0.29, 0.717) is 28.1 Å². The summed E-state index contributed by atoms with van der Waals surface area (Å²) in [6.45, 7) is 3.71. The molecule has 0 aliphatic carbocycles. The van der Waals surface area contributed by atoms with E-state index < -0.39 is 17.7 Å². The monoisotopic (exact) mass is 420 g/mol. The largest absolute Gasteiger partial charge is 0.323 e. The van der Waals surface area contributed by atoms with Crippen LogP contribution in [0.4, 0.5) is 25.0 Å². The molecule has 0 saturated heterocycles. The molecule has 1 aromatic heterocycles. The van der Waals surface area contributed by atoms with Gasteiger partial charge in [-0.1, -0.05) is 17.7 Å². The van der Waals surface area contributed by atoms with Crippen LogP contribution in [-0.2, 0) is 0 Å². The first-order chi connectivity index (χ1) is 14.8. The molecule has 4 rings (SSSR count). The maximum absolute atomic E-state index is 13.3. The van der Waals surface area contributed by atoms with Crippen molar-refractivity contribution in [2.75, 3.05) is 10.6 Å². The minimum absolute atomic E-state index is 0.0937. The molecule has 0 radical (unpaired) electrons. The normalized spacial score (nSPS) is 10.8. The van der Waals surface area contributed by atoms with E-state index >= 15 is 0 Å². The number of urea groups is 1. The third-order valence-electron chi connectivity index (χ3n) is 4.76. The predicted molar refractivity (Wildman–Crippen MR) is 116 cm³/mol. The van der Waals surface area contributed by atoms with E-state index in [4.69, 9.17) is 0 Å². The van der Waals surface area contributed by atoms with Crippen LogP contribution in [0.15, 0.2) is 65.5 Å². The van der Waals surface area contributed by atoms with Gasteiger partial charge in [-0.05, 0) is 56.3 Å². The van der Waals surface area contributed by atoms with Crippen LogP contribution >= 0.6 is 0 Å². The molecule has 4 aromatic rings. The zero-order valence-electron chi connectivity index (χ0n) is 16.7. The highest BCUT2D eigenvalue weighted by Gasteiger charge is 2.12. The van der Waals surface area contributed by atoms with Crippen LogP contribution in [0.1, 0.15) is 11.4 Å². The molecular formula is C23H18F2N4O2. The van der Waals surface area contributed by atoms with Crippen molar-refractivity contribution in [1.82, 2.24) is 9.55 Å². The highest BCUT2D eigenvalue weighted by Crippen LogP contribution is 2.18. The zero-order valence-corrected chi connectivity index (χ0v) is 16.7. The van der Waals surface area contributed by atoms with E-state index in [1.165, 1.54) is 16.7 Å². The van der Waals surface area contributed by atoms with Crippen LogP contribution in [0.25, 0.3) is 16.6 Å². The zero-order chi connectivity index (χ0) is 22.1. The van der Waals surface area contributed by atoms with Crippen LogP contribution in [-0.4, -0.2) is 15.6 Å². The third-order valence-corrected chi connectivity index (χ3v) is 4.76. The number of benzene rings is 3. The van der Waals surface area contributed by atoms with Gasteiger partial charge in [0, 0.05) is 17.4 Å². The second kappa shape index (κ2) is 7.98. The summed E-state index contributed by atoms with van der Waals surface area (Å²) in [6, 6.07) is 14.6. The Bertz CT molecular complexity index is 1360. The molecule has 2 N–H and O–H groups in total. The molecule has 0 aliphatic heterocycles. The number of amides is 2. The van der Waals surface area contributed by atoms with Gasteiger partial charge in [0.15, 0.2) is 11.6 Å². The SMILES string of the molecule is Cc1ccc(-n2c(C)nc3ccc(NC(=O)Nc4ccc(F)c(F)c4)cc3c2=O)cc1. The second-order valence-electron chi connectivity index (χ2n) is 7.08. The van der Waals surface area contributed by atoms with Crippen LogP contribution in [0.3, 0.4) is 0 Å². The molecule has 0 fully saturated rings. The minimum Gasteiger partial charge on any atom is -0.308 e. The quantitative estimate of drug-likeness (QED) is 0.494. The van der Waals surface area contributed by atoms with Gasteiger partial charge in [-0.2, -0.15) is 0 Å². The Hall–Kier alpha value is -4.07. The lowest BCUT2D eigenvalue weighted by Gasteiger charge is -2.12. The van der Waals surface area contributed by atoms with Crippen molar-refractivity contribution in [1.29, 1.82) is 0 Å². The summed E-state index contributed by atoms with van der Waals surface area (Å²) >= 11 is 0. The number of nitrogens with one attached hydrogen (secondary N) is 2. The molecule has 3 aromatic carbocycles. The third kappa shape index (κ3) is 4.13. The highest BCUT2D eigenvalue weighted by atomic mass is 19.2. The molecule has 8 heteroatoms. The number of nitrogens with zero attached hydrogens (tertiary/aromatic N) is 2. The number of carbonyl (C=O) groups is 1. The molecule has 0 spiro atoms. The molecule has 0 unspecified atom stereocenters. The number of fused-ring (bicyclic) bond motifs is 1. The van der Waals surface area contributed by atoms with Gasteiger partial charge in [-0.25, -0.2) is 18.6 Å². The molecular weight excluding hydrogens is 402 g/mol. The lowest BCUT2D eigenvalue weighted by atomic mass is 10.2. The number of carbonyl (C=O) groups excluding carboxylic acids is 1. The van der Waals surface area contributed by atoms with Crippen LogP contribution < -0.4 is 16.2 Å². The topological polar surface area (TPSA) is 76.0 Å². The number of hydrogen-bond donors (Lipinski definition) is 2. The van der Waals surface area contributed by atoms with Crippen molar-refractivity contribution >= 4 is 28.3 Å².